The van der Waals surface area contributed by atoms with Crippen LogP contribution in [-0.2, 0) is 11.3 Å². The van der Waals surface area contributed by atoms with Gasteiger partial charge in [0.05, 0.1) is 4.88 Å². The molecule has 4 rings (SSSR count). The molecule has 1 N–H and O–H groups in total. The molecule has 7 heteroatoms. The molecule has 0 unspecified atom stereocenters. The fraction of sp³-hybridized carbons (Fsp3) is 0.182. The van der Waals surface area contributed by atoms with Crippen molar-refractivity contribution < 1.29 is 4.79 Å². The SMILES string of the molecule is O=C(Cn1nnc(-c2cccs2)n1)NCCC(c1ccccc1)c1ccccc1. The van der Waals surface area contributed by atoms with Crippen molar-refractivity contribution in [1.29, 1.82) is 0 Å². The minimum atomic E-state index is -0.125. The summed E-state index contributed by atoms with van der Waals surface area (Å²) in [6, 6.07) is 24.6. The number of nitrogens with zero attached hydrogens (tertiary/aromatic N) is 4. The summed E-state index contributed by atoms with van der Waals surface area (Å²) in [5.74, 6) is 0.647. The van der Waals surface area contributed by atoms with Gasteiger partial charge in [-0.2, -0.15) is 4.80 Å². The highest BCUT2D eigenvalue weighted by molar-refractivity contribution is 7.13. The Morgan fingerprint density at radius 3 is 2.28 bits per heavy atom. The van der Waals surface area contributed by atoms with Gasteiger partial charge in [-0.3, -0.25) is 4.79 Å². The predicted octanol–water partition coefficient (Wildman–Crippen LogP) is 3.74. The molecule has 0 fully saturated rings. The second-order valence-corrected chi connectivity index (χ2v) is 7.58. The van der Waals surface area contributed by atoms with Crippen LogP contribution in [0.25, 0.3) is 10.7 Å². The van der Waals surface area contributed by atoms with Gasteiger partial charge in [0.15, 0.2) is 0 Å². The van der Waals surface area contributed by atoms with E-state index in [1.807, 2.05) is 53.9 Å². The van der Waals surface area contributed by atoms with Crippen molar-refractivity contribution in [2.24, 2.45) is 0 Å². The van der Waals surface area contributed by atoms with Crippen molar-refractivity contribution in [2.75, 3.05) is 6.54 Å². The minimum Gasteiger partial charge on any atom is -0.354 e. The van der Waals surface area contributed by atoms with Gasteiger partial charge in [-0.05, 0) is 34.2 Å². The van der Waals surface area contributed by atoms with E-state index in [0.29, 0.717) is 12.4 Å². The van der Waals surface area contributed by atoms with Crippen molar-refractivity contribution in [1.82, 2.24) is 25.5 Å². The van der Waals surface area contributed by atoms with Crippen molar-refractivity contribution in [3.63, 3.8) is 0 Å². The molecule has 2 aromatic carbocycles. The number of benzene rings is 2. The van der Waals surface area contributed by atoms with Crippen molar-refractivity contribution in [2.45, 2.75) is 18.9 Å². The van der Waals surface area contributed by atoms with Gasteiger partial charge < -0.3 is 5.32 Å². The van der Waals surface area contributed by atoms with E-state index in [1.165, 1.54) is 15.9 Å². The number of nitrogens with one attached hydrogen (secondary N) is 1. The van der Waals surface area contributed by atoms with Gasteiger partial charge in [0.2, 0.25) is 11.7 Å². The molecular weight excluding hydrogens is 382 g/mol. The van der Waals surface area contributed by atoms with Crippen LogP contribution in [0.5, 0.6) is 0 Å². The Balaban J connectivity index is 1.34. The third-order valence-corrected chi connectivity index (χ3v) is 5.50. The maximum Gasteiger partial charge on any atom is 0.243 e. The summed E-state index contributed by atoms with van der Waals surface area (Å²) < 4.78 is 0. The highest BCUT2D eigenvalue weighted by atomic mass is 32.1. The summed E-state index contributed by atoms with van der Waals surface area (Å²) in [5, 5.41) is 17.2. The van der Waals surface area contributed by atoms with Crippen LogP contribution in [0.15, 0.2) is 78.2 Å². The zero-order valence-electron chi connectivity index (χ0n) is 15.8. The first-order chi connectivity index (χ1) is 14.3. The zero-order valence-corrected chi connectivity index (χ0v) is 16.6. The first-order valence-corrected chi connectivity index (χ1v) is 10.4. The van der Waals surface area contributed by atoms with E-state index >= 15 is 0 Å². The first kappa shape index (κ1) is 19.0. The molecule has 0 atom stereocenters. The number of hydrogen-bond donors (Lipinski definition) is 1. The molecule has 0 saturated heterocycles. The van der Waals surface area contributed by atoms with Crippen LogP contribution in [0, 0.1) is 0 Å². The molecule has 29 heavy (non-hydrogen) atoms. The molecule has 0 aliphatic carbocycles. The Kier molecular flexibility index (Phi) is 6.07. The number of thiophene rings is 1. The Hall–Kier alpha value is -3.32. The van der Waals surface area contributed by atoms with Crippen LogP contribution in [0.2, 0.25) is 0 Å². The summed E-state index contributed by atoms with van der Waals surface area (Å²) in [5.41, 5.74) is 2.48. The Bertz CT molecular complexity index is 992. The summed E-state index contributed by atoms with van der Waals surface area (Å²) in [6.45, 7) is 0.624. The van der Waals surface area contributed by atoms with E-state index in [-0.39, 0.29) is 18.4 Å². The molecule has 146 valence electrons. The summed E-state index contributed by atoms with van der Waals surface area (Å²) in [4.78, 5) is 14.6. The third-order valence-electron chi connectivity index (χ3n) is 4.64. The maximum absolute atomic E-state index is 12.3. The van der Waals surface area contributed by atoms with E-state index in [0.717, 1.165) is 11.3 Å². The quantitative estimate of drug-likeness (QED) is 0.486. The van der Waals surface area contributed by atoms with Gasteiger partial charge in [-0.15, -0.1) is 21.5 Å². The van der Waals surface area contributed by atoms with Gasteiger partial charge in [0, 0.05) is 12.5 Å². The fourth-order valence-electron chi connectivity index (χ4n) is 3.25. The highest BCUT2D eigenvalue weighted by Crippen LogP contribution is 2.27. The average Bonchev–Trinajstić information content (AvgIpc) is 3.44. The van der Waals surface area contributed by atoms with Crippen LogP contribution in [0.4, 0.5) is 0 Å². The molecule has 2 heterocycles. The summed E-state index contributed by atoms with van der Waals surface area (Å²) >= 11 is 1.54. The Labute approximate surface area is 173 Å². The number of carbonyl (C=O) groups is 1. The average molecular weight is 404 g/mol. The first-order valence-electron chi connectivity index (χ1n) is 9.48. The Morgan fingerprint density at radius 2 is 1.66 bits per heavy atom. The monoisotopic (exact) mass is 403 g/mol. The number of aromatic nitrogens is 4. The lowest BCUT2D eigenvalue weighted by molar-refractivity contribution is -0.122. The highest BCUT2D eigenvalue weighted by Gasteiger charge is 2.15. The molecule has 0 bridgehead atoms. The second-order valence-electron chi connectivity index (χ2n) is 6.63. The third kappa shape index (κ3) is 4.94. The second kappa shape index (κ2) is 9.25. The van der Waals surface area contributed by atoms with E-state index in [9.17, 15) is 4.79 Å². The Morgan fingerprint density at radius 1 is 0.966 bits per heavy atom. The van der Waals surface area contributed by atoms with Crippen LogP contribution in [-0.4, -0.2) is 32.7 Å². The van der Waals surface area contributed by atoms with Gasteiger partial charge in [0.25, 0.3) is 0 Å². The number of hydrogen-bond acceptors (Lipinski definition) is 5. The lowest BCUT2D eigenvalue weighted by Gasteiger charge is -2.18. The molecule has 0 spiro atoms. The normalized spacial score (nSPS) is 10.9. The number of carbonyl (C=O) groups excluding carboxylic acids is 1. The fourth-order valence-corrected chi connectivity index (χ4v) is 3.90. The molecule has 4 aromatic rings. The van der Waals surface area contributed by atoms with Crippen LogP contribution in [0.1, 0.15) is 23.5 Å². The topological polar surface area (TPSA) is 72.7 Å². The number of rotatable bonds is 8. The van der Waals surface area contributed by atoms with Crippen molar-refractivity contribution in [3.8, 4) is 10.7 Å². The molecule has 0 radical (unpaired) electrons. The van der Waals surface area contributed by atoms with Crippen molar-refractivity contribution in [3.05, 3.63) is 89.3 Å². The molecule has 2 aromatic heterocycles. The van der Waals surface area contributed by atoms with E-state index in [2.05, 4.69) is 45.0 Å². The molecule has 0 saturated carbocycles. The summed E-state index contributed by atoms with van der Waals surface area (Å²) in [6.07, 6.45) is 0.811. The molecule has 0 aliphatic rings. The molecule has 6 nitrogen and oxygen atoms in total. The van der Waals surface area contributed by atoms with E-state index in [4.69, 9.17) is 0 Å². The van der Waals surface area contributed by atoms with Crippen LogP contribution < -0.4 is 5.32 Å². The predicted molar refractivity (Wildman–Crippen MR) is 113 cm³/mol. The van der Waals surface area contributed by atoms with Gasteiger partial charge >= 0.3 is 0 Å². The van der Waals surface area contributed by atoms with E-state index < -0.39 is 0 Å². The minimum absolute atomic E-state index is 0.0553. The largest absolute Gasteiger partial charge is 0.354 e. The van der Waals surface area contributed by atoms with Gasteiger partial charge in [-0.25, -0.2) is 0 Å². The van der Waals surface area contributed by atoms with Crippen molar-refractivity contribution >= 4 is 17.2 Å². The molecular formula is C22H21N5OS. The zero-order chi connectivity index (χ0) is 19.9. The standard InChI is InChI=1S/C22H21N5OS/c28-21(16-27-25-22(24-26-27)20-12-7-15-29-20)23-14-13-19(17-8-3-1-4-9-17)18-10-5-2-6-11-18/h1-12,15,19H,13-14,16H2,(H,23,28). The molecule has 0 aliphatic heterocycles. The molecule has 1 amide bonds. The number of amides is 1. The van der Waals surface area contributed by atoms with Gasteiger partial charge in [0.1, 0.15) is 6.54 Å². The lowest BCUT2D eigenvalue weighted by Crippen LogP contribution is -2.30. The van der Waals surface area contributed by atoms with Crippen LogP contribution in [0.3, 0.4) is 0 Å². The van der Waals surface area contributed by atoms with Crippen LogP contribution >= 0.6 is 11.3 Å². The van der Waals surface area contributed by atoms with E-state index in [1.54, 1.807) is 11.3 Å². The maximum atomic E-state index is 12.3. The number of tetrazole rings is 1. The lowest BCUT2D eigenvalue weighted by atomic mass is 9.88. The summed E-state index contributed by atoms with van der Waals surface area (Å²) in [7, 11) is 0. The van der Waals surface area contributed by atoms with Gasteiger partial charge in [-0.1, -0.05) is 66.7 Å². The smallest absolute Gasteiger partial charge is 0.243 e.